The molecule has 2 N–H and O–H groups in total. The van der Waals surface area contributed by atoms with Gasteiger partial charge in [0.1, 0.15) is 0 Å². The number of hydrogen-bond acceptors (Lipinski definition) is 3. The van der Waals surface area contributed by atoms with Crippen molar-refractivity contribution < 1.29 is 13.2 Å². The number of nitrogens with zero attached hydrogens (tertiary/aromatic N) is 1. The highest BCUT2D eigenvalue weighted by molar-refractivity contribution is 7.86. The zero-order valence-corrected chi connectivity index (χ0v) is 7.88. The van der Waals surface area contributed by atoms with Gasteiger partial charge >= 0.3 is 0 Å². The average Bonchev–Trinajstić information content (AvgIpc) is 2.37. The van der Waals surface area contributed by atoms with Crippen molar-refractivity contribution in [2.24, 2.45) is 5.14 Å². The molecule has 1 aliphatic heterocycles. The summed E-state index contributed by atoms with van der Waals surface area (Å²) in [6, 6.07) is 0. The maximum Gasteiger partial charge on any atom is 0.276 e. The Hall–Kier alpha value is -0.170. The van der Waals surface area contributed by atoms with E-state index in [4.69, 9.17) is 9.88 Å². The zero-order chi connectivity index (χ0) is 9.19. The second kappa shape index (κ2) is 3.69. The maximum absolute atomic E-state index is 10.8. The smallest absolute Gasteiger partial charge is 0.276 e. The van der Waals surface area contributed by atoms with Crippen LogP contribution >= 0.6 is 0 Å². The predicted molar refractivity (Wildman–Crippen MR) is 44.7 cm³/mol. The molecule has 72 valence electrons. The van der Waals surface area contributed by atoms with Crippen LogP contribution in [0.3, 0.4) is 0 Å². The topological polar surface area (TPSA) is 72.6 Å². The molecule has 1 fully saturated rings. The molecule has 0 amide bonds. The lowest BCUT2D eigenvalue weighted by molar-refractivity contribution is 0.0979. The highest BCUT2D eigenvalue weighted by Crippen LogP contribution is 2.13. The standard InChI is InChI=1S/C6H14N2O3S/c1-8(12(7,9)10)5-6-3-2-4-11-6/h6H,2-5H2,1H3,(H2,7,9,10). The first kappa shape index (κ1) is 9.91. The highest BCUT2D eigenvalue weighted by atomic mass is 32.2. The number of likely N-dealkylation sites (N-methyl/N-ethyl adjacent to an activating group) is 1. The molecular weight excluding hydrogens is 180 g/mol. The van der Waals surface area contributed by atoms with E-state index in [1.54, 1.807) is 0 Å². The van der Waals surface area contributed by atoms with Gasteiger partial charge in [0.2, 0.25) is 0 Å². The summed E-state index contributed by atoms with van der Waals surface area (Å²) in [5.41, 5.74) is 0. The van der Waals surface area contributed by atoms with Gasteiger partial charge in [0, 0.05) is 20.2 Å². The van der Waals surface area contributed by atoms with Crippen LogP contribution in [-0.4, -0.2) is 39.0 Å². The molecule has 1 saturated heterocycles. The van der Waals surface area contributed by atoms with Gasteiger partial charge in [-0.15, -0.1) is 0 Å². The van der Waals surface area contributed by atoms with Crippen LogP contribution in [0.15, 0.2) is 0 Å². The molecule has 5 nitrogen and oxygen atoms in total. The number of nitrogens with two attached hydrogens (primary N) is 1. The molecule has 0 aliphatic carbocycles. The van der Waals surface area contributed by atoms with Gasteiger partial charge < -0.3 is 4.74 Å². The maximum atomic E-state index is 10.8. The summed E-state index contributed by atoms with van der Waals surface area (Å²) in [7, 11) is -2.08. The molecular formula is C6H14N2O3S. The van der Waals surface area contributed by atoms with Crippen molar-refractivity contribution >= 4 is 10.2 Å². The van der Waals surface area contributed by atoms with Gasteiger partial charge in [-0.2, -0.15) is 12.7 Å². The lowest BCUT2D eigenvalue weighted by Gasteiger charge is -2.17. The van der Waals surface area contributed by atoms with E-state index in [1.807, 2.05) is 0 Å². The second-order valence-corrected chi connectivity index (χ2v) is 4.61. The number of hydrogen-bond donors (Lipinski definition) is 1. The predicted octanol–water partition coefficient (Wildman–Crippen LogP) is -0.699. The van der Waals surface area contributed by atoms with Gasteiger partial charge in [-0.1, -0.05) is 0 Å². The fourth-order valence-electron chi connectivity index (χ4n) is 1.18. The van der Waals surface area contributed by atoms with Gasteiger partial charge in [0.25, 0.3) is 10.2 Å². The molecule has 1 atom stereocenters. The second-order valence-electron chi connectivity index (χ2n) is 2.96. The molecule has 0 aromatic rings. The van der Waals surface area contributed by atoms with Gasteiger partial charge in [-0.05, 0) is 12.8 Å². The lowest BCUT2D eigenvalue weighted by Crippen LogP contribution is -2.38. The summed E-state index contributed by atoms with van der Waals surface area (Å²) in [5, 5.41) is 4.90. The molecule has 0 aromatic carbocycles. The molecule has 1 rings (SSSR count). The minimum Gasteiger partial charge on any atom is -0.377 e. The van der Waals surface area contributed by atoms with Crippen LogP contribution in [0.25, 0.3) is 0 Å². The van der Waals surface area contributed by atoms with Crippen molar-refractivity contribution in [3.63, 3.8) is 0 Å². The Balaban J connectivity index is 2.40. The normalized spacial score (nSPS) is 25.1. The van der Waals surface area contributed by atoms with E-state index in [0.29, 0.717) is 6.54 Å². The van der Waals surface area contributed by atoms with Gasteiger partial charge in [-0.25, -0.2) is 5.14 Å². The molecule has 0 saturated carbocycles. The Morgan fingerprint density at radius 3 is 2.75 bits per heavy atom. The van der Waals surface area contributed by atoms with E-state index in [-0.39, 0.29) is 6.10 Å². The van der Waals surface area contributed by atoms with E-state index < -0.39 is 10.2 Å². The highest BCUT2D eigenvalue weighted by Gasteiger charge is 2.21. The fraction of sp³-hybridized carbons (Fsp3) is 1.00. The van der Waals surface area contributed by atoms with Crippen LogP contribution in [0.1, 0.15) is 12.8 Å². The average molecular weight is 194 g/mol. The molecule has 6 heteroatoms. The Kier molecular flexibility index (Phi) is 3.05. The van der Waals surface area contributed by atoms with Gasteiger partial charge in [0.05, 0.1) is 6.10 Å². The summed E-state index contributed by atoms with van der Waals surface area (Å²) in [4.78, 5) is 0. The Labute approximate surface area is 72.7 Å². The largest absolute Gasteiger partial charge is 0.377 e. The molecule has 1 heterocycles. The lowest BCUT2D eigenvalue weighted by atomic mass is 10.2. The number of ether oxygens (including phenoxy) is 1. The van der Waals surface area contributed by atoms with E-state index in [2.05, 4.69) is 0 Å². The summed E-state index contributed by atoms with van der Waals surface area (Å²) >= 11 is 0. The van der Waals surface area contributed by atoms with Crippen LogP contribution in [0.5, 0.6) is 0 Å². The first-order valence-corrected chi connectivity index (χ1v) is 5.36. The van der Waals surface area contributed by atoms with Crippen molar-refractivity contribution in [3.8, 4) is 0 Å². The molecule has 1 aliphatic rings. The summed E-state index contributed by atoms with van der Waals surface area (Å²) in [5.74, 6) is 0. The number of rotatable bonds is 3. The minimum atomic E-state index is -3.54. The molecule has 0 spiro atoms. The quantitative estimate of drug-likeness (QED) is 0.645. The Morgan fingerprint density at radius 1 is 1.67 bits per heavy atom. The third-order valence-corrected chi connectivity index (χ3v) is 2.94. The third-order valence-electron chi connectivity index (χ3n) is 1.92. The molecule has 0 radical (unpaired) electrons. The third kappa shape index (κ3) is 2.71. The summed E-state index contributed by atoms with van der Waals surface area (Å²) in [6.45, 7) is 1.09. The van der Waals surface area contributed by atoms with Crippen molar-refractivity contribution in [3.05, 3.63) is 0 Å². The van der Waals surface area contributed by atoms with E-state index in [9.17, 15) is 8.42 Å². The van der Waals surface area contributed by atoms with Crippen molar-refractivity contribution in [1.82, 2.24) is 4.31 Å². The molecule has 12 heavy (non-hydrogen) atoms. The Morgan fingerprint density at radius 2 is 2.33 bits per heavy atom. The molecule has 1 unspecified atom stereocenters. The first-order valence-electron chi connectivity index (χ1n) is 3.86. The SMILES string of the molecule is CN(CC1CCCO1)S(N)(=O)=O. The molecule has 0 bridgehead atoms. The molecule has 0 aromatic heterocycles. The van der Waals surface area contributed by atoms with E-state index >= 15 is 0 Å². The van der Waals surface area contributed by atoms with Gasteiger partial charge in [0.15, 0.2) is 0 Å². The summed E-state index contributed by atoms with van der Waals surface area (Å²) < 4.78 is 27.9. The fourth-order valence-corrected chi connectivity index (χ4v) is 1.55. The monoisotopic (exact) mass is 194 g/mol. The first-order chi connectivity index (χ1) is 5.50. The van der Waals surface area contributed by atoms with Crippen molar-refractivity contribution in [1.29, 1.82) is 0 Å². The van der Waals surface area contributed by atoms with Crippen molar-refractivity contribution in [2.75, 3.05) is 20.2 Å². The van der Waals surface area contributed by atoms with Crippen LogP contribution in [-0.2, 0) is 14.9 Å². The van der Waals surface area contributed by atoms with E-state index in [1.165, 1.54) is 7.05 Å². The van der Waals surface area contributed by atoms with Crippen LogP contribution in [0.2, 0.25) is 0 Å². The van der Waals surface area contributed by atoms with Crippen LogP contribution in [0.4, 0.5) is 0 Å². The van der Waals surface area contributed by atoms with E-state index in [0.717, 1.165) is 23.8 Å². The summed E-state index contributed by atoms with van der Waals surface area (Å²) in [6.07, 6.45) is 1.94. The van der Waals surface area contributed by atoms with Crippen LogP contribution < -0.4 is 5.14 Å². The zero-order valence-electron chi connectivity index (χ0n) is 7.06. The van der Waals surface area contributed by atoms with Gasteiger partial charge in [-0.3, -0.25) is 0 Å². The Bertz CT molecular complexity index is 233. The van der Waals surface area contributed by atoms with Crippen molar-refractivity contribution in [2.45, 2.75) is 18.9 Å². The minimum absolute atomic E-state index is 0.0216. The van der Waals surface area contributed by atoms with Crippen LogP contribution in [0, 0.1) is 0 Å².